The van der Waals surface area contributed by atoms with Gasteiger partial charge in [0.15, 0.2) is 10.3 Å². The van der Waals surface area contributed by atoms with Crippen LogP contribution in [0.4, 0.5) is 5.82 Å². The largest absolute Gasteiger partial charge is 0.392 e. The van der Waals surface area contributed by atoms with E-state index in [1.54, 1.807) is 0 Å². The minimum absolute atomic E-state index is 0.113. The fraction of sp³-hybridized carbons (Fsp3) is 0.111. The summed E-state index contributed by atoms with van der Waals surface area (Å²) in [7, 11) is 0. The van der Waals surface area contributed by atoms with Gasteiger partial charge in [0.05, 0.1) is 6.61 Å². The number of hydrogen-bond donors (Lipinski definition) is 3. The molecule has 0 fully saturated rings. The number of aromatic amines is 1. The minimum Gasteiger partial charge on any atom is -0.392 e. The van der Waals surface area contributed by atoms with Crippen LogP contribution in [-0.2, 0) is 6.61 Å². The van der Waals surface area contributed by atoms with E-state index in [-0.39, 0.29) is 18.0 Å². The molecular formula is C9H9N5O2S. The molecule has 7 nitrogen and oxygen atoms in total. The third-order valence-electron chi connectivity index (χ3n) is 1.79. The summed E-state index contributed by atoms with van der Waals surface area (Å²) in [6.07, 6.45) is 3.00. The Morgan fingerprint density at radius 1 is 1.41 bits per heavy atom. The first-order valence-electron chi connectivity index (χ1n) is 4.64. The molecule has 0 aliphatic carbocycles. The second-order valence-corrected chi connectivity index (χ2v) is 4.07. The standard InChI is InChI=1S/C9H9N5O2S/c10-6-1-7(16)14-9(13-6)17-8-11-2-5(4-15)3-12-8/h1-3,15H,4H2,(H3,10,13,14,16). The van der Waals surface area contributed by atoms with Gasteiger partial charge in [0.1, 0.15) is 5.82 Å². The smallest absolute Gasteiger partial charge is 0.253 e. The van der Waals surface area contributed by atoms with Gasteiger partial charge in [0.2, 0.25) is 0 Å². The van der Waals surface area contributed by atoms with Gasteiger partial charge < -0.3 is 15.8 Å². The molecule has 0 aliphatic rings. The number of anilines is 1. The Morgan fingerprint density at radius 2 is 2.12 bits per heavy atom. The zero-order valence-electron chi connectivity index (χ0n) is 8.62. The Bertz CT molecular complexity index is 568. The zero-order valence-corrected chi connectivity index (χ0v) is 9.44. The van der Waals surface area contributed by atoms with E-state index in [0.717, 1.165) is 11.8 Å². The van der Waals surface area contributed by atoms with Crippen LogP contribution < -0.4 is 11.3 Å². The van der Waals surface area contributed by atoms with Gasteiger partial charge in [0, 0.05) is 24.0 Å². The normalized spacial score (nSPS) is 10.4. The van der Waals surface area contributed by atoms with Crippen LogP contribution in [0.1, 0.15) is 5.56 Å². The molecule has 0 aliphatic heterocycles. The SMILES string of the molecule is Nc1cc(=O)[nH]c(Sc2ncc(CO)cn2)n1. The van der Waals surface area contributed by atoms with Crippen LogP contribution in [-0.4, -0.2) is 25.0 Å². The molecule has 4 N–H and O–H groups in total. The van der Waals surface area contributed by atoms with Crippen molar-refractivity contribution in [2.24, 2.45) is 0 Å². The lowest BCUT2D eigenvalue weighted by atomic mass is 10.4. The highest BCUT2D eigenvalue weighted by atomic mass is 32.2. The quantitative estimate of drug-likeness (QED) is 0.645. The lowest BCUT2D eigenvalue weighted by Gasteiger charge is -2.00. The van der Waals surface area contributed by atoms with Crippen LogP contribution in [0.5, 0.6) is 0 Å². The molecule has 17 heavy (non-hydrogen) atoms. The lowest BCUT2D eigenvalue weighted by Crippen LogP contribution is -2.09. The summed E-state index contributed by atoms with van der Waals surface area (Å²) in [5.74, 6) is 0.142. The fourth-order valence-corrected chi connectivity index (χ4v) is 1.75. The third kappa shape index (κ3) is 3.02. The van der Waals surface area contributed by atoms with Gasteiger partial charge in [-0.05, 0) is 11.8 Å². The van der Waals surface area contributed by atoms with E-state index in [4.69, 9.17) is 10.8 Å². The number of nitrogen functional groups attached to an aromatic ring is 1. The first kappa shape index (κ1) is 11.6. The third-order valence-corrected chi connectivity index (χ3v) is 2.57. The lowest BCUT2D eigenvalue weighted by molar-refractivity contribution is 0.280. The number of nitrogens with two attached hydrogens (primary N) is 1. The molecule has 8 heteroatoms. The number of rotatable bonds is 3. The minimum atomic E-state index is -0.327. The Labute approximate surface area is 100 Å². The van der Waals surface area contributed by atoms with Crippen LogP contribution in [0.2, 0.25) is 0 Å². The summed E-state index contributed by atoms with van der Waals surface area (Å²) < 4.78 is 0. The monoisotopic (exact) mass is 251 g/mol. The zero-order chi connectivity index (χ0) is 12.3. The van der Waals surface area contributed by atoms with E-state index in [1.165, 1.54) is 18.5 Å². The highest BCUT2D eigenvalue weighted by Gasteiger charge is 2.04. The second kappa shape index (κ2) is 4.93. The average molecular weight is 251 g/mol. The number of aliphatic hydroxyl groups excluding tert-OH is 1. The van der Waals surface area contributed by atoms with E-state index < -0.39 is 0 Å². The van der Waals surface area contributed by atoms with Crippen molar-refractivity contribution in [3.8, 4) is 0 Å². The number of nitrogens with zero attached hydrogens (tertiary/aromatic N) is 3. The molecule has 0 saturated carbocycles. The molecule has 88 valence electrons. The summed E-state index contributed by atoms with van der Waals surface area (Å²) >= 11 is 1.08. The van der Waals surface area contributed by atoms with E-state index in [0.29, 0.717) is 15.9 Å². The molecular weight excluding hydrogens is 242 g/mol. The van der Waals surface area contributed by atoms with Crippen molar-refractivity contribution in [3.05, 3.63) is 34.4 Å². The Hall–Kier alpha value is -1.93. The predicted molar refractivity (Wildman–Crippen MR) is 61.3 cm³/mol. The summed E-state index contributed by atoms with van der Waals surface area (Å²) in [5, 5.41) is 9.57. The van der Waals surface area contributed by atoms with E-state index in [2.05, 4.69) is 19.9 Å². The molecule has 2 heterocycles. The molecule has 2 aromatic heterocycles. The average Bonchev–Trinajstić information content (AvgIpc) is 2.28. The van der Waals surface area contributed by atoms with Crippen LogP contribution >= 0.6 is 11.8 Å². The van der Waals surface area contributed by atoms with E-state index in [1.807, 2.05) is 0 Å². The highest BCUT2D eigenvalue weighted by Crippen LogP contribution is 2.19. The Kier molecular flexibility index (Phi) is 3.35. The van der Waals surface area contributed by atoms with Crippen molar-refractivity contribution in [1.82, 2.24) is 19.9 Å². The molecule has 0 saturated heterocycles. The van der Waals surface area contributed by atoms with Crippen LogP contribution in [0.15, 0.2) is 33.6 Å². The van der Waals surface area contributed by atoms with Crippen molar-refractivity contribution in [2.45, 2.75) is 16.9 Å². The second-order valence-electron chi connectivity index (χ2n) is 3.11. The fourth-order valence-electron chi connectivity index (χ4n) is 1.07. The number of hydrogen-bond acceptors (Lipinski definition) is 7. The van der Waals surface area contributed by atoms with Crippen molar-refractivity contribution in [2.75, 3.05) is 5.73 Å². The number of aromatic nitrogens is 4. The van der Waals surface area contributed by atoms with E-state index in [9.17, 15) is 4.79 Å². The maximum atomic E-state index is 11.1. The number of H-pyrrole nitrogens is 1. The van der Waals surface area contributed by atoms with Gasteiger partial charge in [-0.3, -0.25) is 4.79 Å². The first-order chi connectivity index (χ1) is 8.17. The van der Waals surface area contributed by atoms with Gasteiger partial charge in [-0.25, -0.2) is 15.0 Å². The number of aliphatic hydroxyl groups is 1. The van der Waals surface area contributed by atoms with Gasteiger partial charge in [-0.1, -0.05) is 0 Å². The molecule has 0 atom stereocenters. The summed E-state index contributed by atoms with van der Waals surface area (Å²) in [4.78, 5) is 25.6. The van der Waals surface area contributed by atoms with Crippen LogP contribution in [0.3, 0.4) is 0 Å². The highest BCUT2D eigenvalue weighted by molar-refractivity contribution is 7.99. The molecule has 0 radical (unpaired) electrons. The van der Waals surface area contributed by atoms with Crippen molar-refractivity contribution in [1.29, 1.82) is 0 Å². The van der Waals surface area contributed by atoms with Crippen LogP contribution in [0.25, 0.3) is 0 Å². The maximum absolute atomic E-state index is 11.1. The molecule has 0 amide bonds. The van der Waals surface area contributed by atoms with Crippen LogP contribution in [0, 0.1) is 0 Å². The van der Waals surface area contributed by atoms with Gasteiger partial charge in [-0.2, -0.15) is 0 Å². The molecule has 0 spiro atoms. The maximum Gasteiger partial charge on any atom is 0.253 e. The molecule has 0 bridgehead atoms. The van der Waals surface area contributed by atoms with Gasteiger partial charge in [0.25, 0.3) is 5.56 Å². The van der Waals surface area contributed by atoms with Gasteiger partial charge >= 0.3 is 0 Å². The summed E-state index contributed by atoms with van der Waals surface area (Å²) in [6.45, 7) is -0.113. The van der Waals surface area contributed by atoms with E-state index >= 15 is 0 Å². The number of nitrogens with one attached hydrogen (secondary N) is 1. The Morgan fingerprint density at radius 3 is 2.71 bits per heavy atom. The first-order valence-corrected chi connectivity index (χ1v) is 5.45. The van der Waals surface area contributed by atoms with Crippen molar-refractivity contribution in [3.63, 3.8) is 0 Å². The predicted octanol–water partition coefficient (Wildman–Crippen LogP) is -0.214. The molecule has 0 unspecified atom stereocenters. The Balaban J connectivity index is 2.22. The topological polar surface area (TPSA) is 118 Å². The molecule has 2 rings (SSSR count). The summed E-state index contributed by atoms with van der Waals surface area (Å²) in [5.41, 5.74) is 5.73. The van der Waals surface area contributed by atoms with Crippen molar-refractivity contribution < 1.29 is 5.11 Å². The van der Waals surface area contributed by atoms with Crippen molar-refractivity contribution >= 4 is 17.6 Å². The van der Waals surface area contributed by atoms with Gasteiger partial charge in [-0.15, -0.1) is 0 Å². The molecule has 0 aromatic carbocycles. The summed E-state index contributed by atoms with van der Waals surface area (Å²) in [6, 6.07) is 1.19. The molecule has 2 aromatic rings.